The Bertz CT molecular complexity index is 1100. The maximum Gasteiger partial charge on any atom is 0.280 e. The molecule has 2 aromatic rings. The van der Waals surface area contributed by atoms with E-state index in [4.69, 9.17) is 0 Å². The summed E-state index contributed by atoms with van der Waals surface area (Å²) < 4.78 is 30.6. The number of thiophene rings is 1. The number of carbonyl (C=O) groups is 1. The highest BCUT2D eigenvalue weighted by Crippen LogP contribution is 2.34. The Hall–Kier alpha value is -2.26. The van der Waals surface area contributed by atoms with Gasteiger partial charge in [-0.3, -0.25) is 9.48 Å². The lowest BCUT2D eigenvalue weighted by molar-refractivity contribution is -0.120. The Morgan fingerprint density at radius 3 is 2.69 bits per heavy atom. The van der Waals surface area contributed by atoms with Crippen molar-refractivity contribution in [1.29, 1.82) is 5.26 Å². The summed E-state index contributed by atoms with van der Waals surface area (Å²) >= 11 is 1.34. The van der Waals surface area contributed by atoms with Gasteiger partial charge < -0.3 is 5.32 Å². The first-order valence-corrected chi connectivity index (χ1v) is 11.4. The van der Waals surface area contributed by atoms with Crippen LogP contribution in [-0.2, 0) is 28.5 Å². The quantitative estimate of drug-likeness (QED) is 0.757. The number of anilines is 1. The molecule has 0 aliphatic carbocycles. The highest BCUT2D eigenvalue weighted by atomic mass is 32.2. The van der Waals surface area contributed by atoms with Crippen LogP contribution < -0.4 is 10.0 Å². The Kier molecular flexibility index (Phi) is 5.82. The first kappa shape index (κ1) is 21.4. The van der Waals surface area contributed by atoms with Gasteiger partial charge in [0.1, 0.15) is 17.1 Å². The number of likely N-dealkylation sites (N-methyl/N-ethyl adjacent to an activating group) is 1. The third-order valence-corrected chi connectivity index (χ3v) is 7.87. The second kappa shape index (κ2) is 7.87. The molecule has 1 fully saturated rings. The summed E-state index contributed by atoms with van der Waals surface area (Å²) in [5, 5.41) is 17.0. The fraction of sp³-hybridized carbons (Fsp3) is 0.500. The highest BCUT2D eigenvalue weighted by molar-refractivity contribution is 7.87. The van der Waals surface area contributed by atoms with E-state index in [0.717, 1.165) is 20.3 Å². The molecular formula is C18H24N6O3S2. The summed E-state index contributed by atoms with van der Waals surface area (Å²) in [7, 11) is -0.714. The van der Waals surface area contributed by atoms with E-state index in [0.29, 0.717) is 22.7 Å². The molecular weight excluding hydrogens is 412 g/mol. The second-order valence-electron chi connectivity index (χ2n) is 7.08. The van der Waals surface area contributed by atoms with Crippen molar-refractivity contribution in [2.75, 3.05) is 12.4 Å². The van der Waals surface area contributed by atoms with Crippen molar-refractivity contribution in [3.8, 4) is 6.07 Å². The predicted molar refractivity (Wildman–Crippen MR) is 111 cm³/mol. The topological polar surface area (TPSA) is 120 Å². The lowest BCUT2D eigenvalue weighted by atomic mass is 10.00. The standard InChI is InChI=1S/C18H24N6O3S2/c1-6-12-11(3)28-18(13(12)8-19)20-17(25)16-7-15(22-29(26,27)24(16)5)14-9-23(4)21-10(14)2/h9,15-16,22H,6-7H2,1-5H3,(H,20,25)/t15-,16-/m1/s1. The van der Waals surface area contributed by atoms with E-state index in [9.17, 15) is 18.5 Å². The average molecular weight is 437 g/mol. The largest absolute Gasteiger partial charge is 0.315 e. The number of nitriles is 1. The van der Waals surface area contributed by atoms with E-state index < -0.39 is 28.2 Å². The molecule has 2 aromatic heterocycles. The van der Waals surface area contributed by atoms with Crippen molar-refractivity contribution in [2.24, 2.45) is 7.05 Å². The zero-order chi connectivity index (χ0) is 21.5. The van der Waals surface area contributed by atoms with Crippen molar-refractivity contribution in [2.45, 2.75) is 45.7 Å². The zero-order valence-corrected chi connectivity index (χ0v) is 18.6. The van der Waals surface area contributed by atoms with Crippen LogP contribution in [-0.4, -0.2) is 41.5 Å². The van der Waals surface area contributed by atoms with Gasteiger partial charge in [0, 0.05) is 30.7 Å². The Morgan fingerprint density at radius 1 is 1.45 bits per heavy atom. The third-order valence-electron chi connectivity index (χ3n) is 5.21. The number of hydrogen-bond acceptors (Lipinski definition) is 6. The first-order chi connectivity index (χ1) is 13.6. The van der Waals surface area contributed by atoms with Crippen LogP contribution in [0.15, 0.2) is 6.20 Å². The van der Waals surface area contributed by atoms with Crippen molar-refractivity contribution in [1.82, 2.24) is 18.8 Å². The summed E-state index contributed by atoms with van der Waals surface area (Å²) in [4.78, 5) is 14.0. The molecule has 1 aliphatic rings. The van der Waals surface area contributed by atoms with Gasteiger partial charge in [0.25, 0.3) is 10.2 Å². The smallest absolute Gasteiger partial charge is 0.280 e. The van der Waals surface area contributed by atoms with Gasteiger partial charge >= 0.3 is 0 Å². The minimum Gasteiger partial charge on any atom is -0.315 e. The van der Waals surface area contributed by atoms with E-state index in [-0.39, 0.29) is 6.42 Å². The number of amides is 1. The van der Waals surface area contributed by atoms with Crippen LogP contribution in [0.4, 0.5) is 5.00 Å². The van der Waals surface area contributed by atoms with Gasteiger partial charge in [-0.05, 0) is 32.3 Å². The van der Waals surface area contributed by atoms with E-state index in [1.807, 2.05) is 13.8 Å². The normalized spacial score (nSPS) is 21.7. The van der Waals surface area contributed by atoms with Crippen molar-refractivity contribution < 1.29 is 13.2 Å². The number of nitrogens with one attached hydrogen (secondary N) is 2. The van der Waals surface area contributed by atoms with Crippen molar-refractivity contribution in [3.63, 3.8) is 0 Å². The van der Waals surface area contributed by atoms with E-state index in [2.05, 4.69) is 21.2 Å². The van der Waals surface area contributed by atoms with E-state index >= 15 is 0 Å². The lowest BCUT2D eigenvalue weighted by Gasteiger charge is -2.35. The molecule has 2 atom stereocenters. The fourth-order valence-corrected chi connectivity index (χ4v) is 6.04. The number of carbonyl (C=O) groups excluding carboxylic acids is 1. The first-order valence-electron chi connectivity index (χ1n) is 9.17. The average Bonchev–Trinajstić information content (AvgIpc) is 3.14. The monoisotopic (exact) mass is 436 g/mol. The second-order valence-corrected chi connectivity index (χ2v) is 10.1. The molecule has 156 valence electrons. The predicted octanol–water partition coefficient (Wildman–Crippen LogP) is 1.75. The number of hydrogen-bond donors (Lipinski definition) is 2. The van der Waals surface area contributed by atoms with Gasteiger partial charge in [0.05, 0.1) is 17.3 Å². The van der Waals surface area contributed by atoms with Crippen molar-refractivity contribution >= 4 is 32.5 Å². The molecule has 1 saturated heterocycles. The molecule has 1 amide bonds. The highest BCUT2D eigenvalue weighted by Gasteiger charge is 2.41. The fourth-order valence-electron chi connectivity index (χ4n) is 3.68. The molecule has 1 aliphatic heterocycles. The minimum absolute atomic E-state index is 0.251. The van der Waals surface area contributed by atoms with Gasteiger partial charge in [-0.1, -0.05) is 6.92 Å². The summed E-state index contributed by atoms with van der Waals surface area (Å²) in [5.74, 6) is -0.454. The maximum absolute atomic E-state index is 13.0. The van der Waals surface area contributed by atoms with E-state index in [1.54, 1.807) is 24.9 Å². The van der Waals surface area contributed by atoms with Gasteiger partial charge in [0.2, 0.25) is 5.91 Å². The molecule has 0 unspecified atom stereocenters. The summed E-state index contributed by atoms with van der Waals surface area (Å²) in [6.07, 6.45) is 2.69. The van der Waals surface area contributed by atoms with Crippen LogP contribution in [0.5, 0.6) is 0 Å². The molecule has 3 rings (SSSR count). The molecule has 29 heavy (non-hydrogen) atoms. The Morgan fingerprint density at radius 2 is 2.14 bits per heavy atom. The van der Waals surface area contributed by atoms with Gasteiger partial charge in [-0.15, -0.1) is 11.3 Å². The Labute approximate surface area is 174 Å². The van der Waals surface area contributed by atoms with E-state index in [1.165, 1.54) is 18.4 Å². The van der Waals surface area contributed by atoms with Crippen molar-refractivity contribution in [3.05, 3.63) is 33.5 Å². The molecule has 3 heterocycles. The number of rotatable bonds is 4. The maximum atomic E-state index is 13.0. The van der Waals surface area contributed by atoms with Gasteiger partial charge in [-0.25, -0.2) is 0 Å². The lowest BCUT2D eigenvalue weighted by Crippen LogP contribution is -2.56. The third kappa shape index (κ3) is 3.93. The number of aryl methyl sites for hydroxylation is 3. The molecule has 0 radical (unpaired) electrons. The molecule has 0 bridgehead atoms. The SMILES string of the molecule is CCc1c(C)sc(NC(=O)[C@H]2C[C@H](c3cn(C)nc3C)NS(=O)(=O)N2C)c1C#N. The zero-order valence-electron chi connectivity index (χ0n) is 17.0. The molecule has 11 heteroatoms. The molecule has 2 N–H and O–H groups in total. The van der Waals surface area contributed by atoms with Crippen LogP contribution in [0.3, 0.4) is 0 Å². The molecule has 0 spiro atoms. The molecule has 0 aromatic carbocycles. The summed E-state index contributed by atoms with van der Waals surface area (Å²) in [6.45, 7) is 5.66. The van der Waals surface area contributed by atoms with Gasteiger partial charge in [-0.2, -0.15) is 27.8 Å². The molecule has 0 saturated carbocycles. The molecule has 9 nitrogen and oxygen atoms in total. The Balaban J connectivity index is 1.91. The number of nitrogens with zero attached hydrogens (tertiary/aromatic N) is 4. The van der Waals surface area contributed by atoms with Crippen LogP contribution in [0.25, 0.3) is 0 Å². The van der Waals surface area contributed by atoms with Crippen LogP contribution in [0.1, 0.15) is 46.6 Å². The van der Waals surface area contributed by atoms with Crippen LogP contribution in [0.2, 0.25) is 0 Å². The van der Waals surface area contributed by atoms with Crippen LogP contribution in [0, 0.1) is 25.2 Å². The summed E-state index contributed by atoms with van der Waals surface area (Å²) in [6, 6.07) is 0.682. The summed E-state index contributed by atoms with van der Waals surface area (Å²) in [5.41, 5.74) is 2.79. The van der Waals surface area contributed by atoms with Crippen LogP contribution >= 0.6 is 11.3 Å². The minimum atomic E-state index is -3.85. The van der Waals surface area contributed by atoms with Gasteiger partial charge in [0.15, 0.2) is 0 Å². The number of aromatic nitrogens is 2.